The van der Waals surface area contributed by atoms with E-state index in [4.69, 9.17) is 4.18 Å². The van der Waals surface area contributed by atoms with Crippen LogP contribution >= 0.6 is 0 Å². The van der Waals surface area contributed by atoms with Gasteiger partial charge in [-0.3, -0.25) is 4.79 Å². The molecule has 0 N–H and O–H groups in total. The molecule has 0 spiro atoms. The number of rotatable bonds is 3. The summed E-state index contributed by atoms with van der Waals surface area (Å²) in [6, 6.07) is 8.45. The molecule has 2 aromatic carbocycles. The number of aryl methyl sites for hydroxylation is 1. The van der Waals surface area contributed by atoms with E-state index < -0.39 is 20.8 Å². The van der Waals surface area contributed by atoms with Crippen LogP contribution < -0.4 is 4.18 Å². The normalized spacial score (nSPS) is 14.0. The van der Waals surface area contributed by atoms with Gasteiger partial charge >= 0.3 is 10.1 Å². The van der Waals surface area contributed by atoms with E-state index >= 15 is 0 Å². The summed E-state index contributed by atoms with van der Waals surface area (Å²) in [5, 5.41) is 0. The fourth-order valence-corrected chi connectivity index (χ4v) is 3.62. The fraction of sp³-hybridized carbons (Fsp3) is 0.188. The van der Waals surface area contributed by atoms with E-state index in [1.54, 1.807) is 19.1 Å². The zero-order valence-electron chi connectivity index (χ0n) is 11.8. The Balaban J connectivity index is 2.03. The van der Waals surface area contributed by atoms with Gasteiger partial charge in [-0.2, -0.15) is 8.42 Å². The zero-order valence-corrected chi connectivity index (χ0v) is 12.6. The molecule has 0 atom stereocenters. The van der Waals surface area contributed by atoms with E-state index in [1.165, 1.54) is 18.2 Å². The number of Topliss-reactive ketones (excluding diaryl/α,β-unsaturated/α-hetero) is 1. The third kappa shape index (κ3) is 2.50. The SMILES string of the molecule is Cc1ccc(F)c(S(=O)(=O)Oc2cccc3c2CCC3=O)c1. The minimum Gasteiger partial charge on any atom is -0.379 e. The third-order valence-electron chi connectivity index (χ3n) is 3.59. The lowest BCUT2D eigenvalue weighted by Gasteiger charge is -2.11. The van der Waals surface area contributed by atoms with Gasteiger partial charge in [-0.15, -0.1) is 0 Å². The lowest BCUT2D eigenvalue weighted by atomic mass is 10.1. The molecule has 2 aromatic rings. The Hall–Kier alpha value is -2.21. The van der Waals surface area contributed by atoms with Crippen molar-refractivity contribution in [3.63, 3.8) is 0 Å². The lowest BCUT2D eigenvalue weighted by molar-refractivity contribution is 0.0994. The van der Waals surface area contributed by atoms with E-state index in [-0.39, 0.29) is 11.5 Å². The van der Waals surface area contributed by atoms with Crippen LogP contribution in [0, 0.1) is 12.7 Å². The average Bonchev–Trinajstić information content (AvgIpc) is 2.84. The molecule has 4 nitrogen and oxygen atoms in total. The second kappa shape index (κ2) is 5.21. The summed E-state index contributed by atoms with van der Waals surface area (Å²) in [4.78, 5) is 11.2. The molecule has 6 heteroatoms. The van der Waals surface area contributed by atoms with E-state index in [9.17, 15) is 17.6 Å². The maximum atomic E-state index is 13.8. The van der Waals surface area contributed by atoms with Crippen LogP contribution in [0.15, 0.2) is 41.3 Å². The van der Waals surface area contributed by atoms with Crippen LogP contribution in [0.1, 0.15) is 27.9 Å². The van der Waals surface area contributed by atoms with Crippen LogP contribution in [0.4, 0.5) is 4.39 Å². The van der Waals surface area contributed by atoms with E-state index in [0.717, 1.165) is 6.07 Å². The first-order valence-corrected chi connectivity index (χ1v) is 8.15. The van der Waals surface area contributed by atoms with Crippen LogP contribution in [-0.2, 0) is 16.5 Å². The van der Waals surface area contributed by atoms with Crippen molar-refractivity contribution in [2.24, 2.45) is 0 Å². The molecule has 0 saturated carbocycles. The van der Waals surface area contributed by atoms with Gasteiger partial charge in [0.2, 0.25) is 0 Å². The van der Waals surface area contributed by atoms with E-state index in [2.05, 4.69) is 0 Å². The Morgan fingerprint density at radius 2 is 1.91 bits per heavy atom. The molecule has 0 amide bonds. The van der Waals surface area contributed by atoms with Crippen molar-refractivity contribution < 1.29 is 21.8 Å². The number of hydrogen-bond acceptors (Lipinski definition) is 4. The summed E-state index contributed by atoms with van der Waals surface area (Å²) in [5.41, 5.74) is 1.64. The van der Waals surface area contributed by atoms with Gasteiger partial charge in [0, 0.05) is 17.5 Å². The Morgan fingerprint density at radius 1 is 1.14 bits per heavy atom. The van der Waals surface area contributed by atoms with Gasteiger partial charge in [-0.25, -0.2) is 4.39 Å². The highest BCUT2D eigenvalue weighted by Gasteiger charge is 2.27. The molecule has 0 fully saturated rings. The highest BCUT2D eigenvalue weighted by atomic mass is 32.2. The molecule has 0 unspecified atom stereocenters. The van der Waals surface area contributed by atoms with Crippen molar-refractivity contribution in [2.75, 3.05) is 0 Å². The number of carbonyl (C=O) groups is 1. The highest BCUT2D eigenvalue weighted by Crippen LogP contribution is 2.32. The predicted octanol–water partition coefficient (Wildman–Crippen LogP) is 3.03. The molecule has 0 heterocycles. The zero-order chi connectivity index (χ0) is 15.9. The highest BCUT2D eigenvalue weighted by molar-refractivity contribution is 7.87. The maximum Gasteiger partial charge on any atom is 0.342 e. The van der Waals surface area contributed by atoms with Gasteiger partial charge in [-0.05, 0) is 37.1 Å². The summed E-state index contributed by atoms with van der Waals surface area (Å²) < 4.78 is 43.5. The molecular weight excluding hydrogens is 307 g/mol. The lowest BCUT2D eigenvalue weighted by Crippen LogP contribution is -2.13. The first-order chi connectivity index (χ1) is 10.4. The number of hydrogen-bond donors (Lipinski definition) is 0. The Kier molecular flexibility index (Phi) is 3.48. The van der Waals surface area contributed by atoms with Crippen LogP contribution in [-0.4, -0.2) is 14.2 Å². The summed E-state index contributed by atoms with van der Waals surface area (Å²) >= 11 is 0. The fourth-order valence-electron chi connectivity index (χ4n) is 2.50. The van der Waals surface area contributed by atoms with E-state index in [0.29, 0.717) is 29.5 Å². The van der Waals surface area contributed by atoms with Crippen molar-refractivity contribution in [3.05, 3.63) is 58.9 Å². The molecule has 0 bridgehead atoms. The minimum atomic E-state index is -4.29. The predicted molar refractivity (Wildman–Crippen MR) is 78.0 cm³/mol. The molecule has 22 heavy (non-hydrogen) atoms. The van der Waals surface area contributed by atoms with Gasteiger partial charge in [0.1, 0.15) is 16.5 Å². The van der Waals surface area contributed by atoms with Gasteiger partial charge < -0.3 is 4.18 Å². The van der Waals surface area contributed by atoms with Crippen molar-refractivity contribution >= 4 is 15.9 Å². The van der Waals surface area contributed by atoms with Crippen molar-refractivity contribution in [1.29, 1.82) is 0 Å². The topological polar surface area (TPSA) is 60.4 Å². The first kappa shape index (κ1) is 14.7. The molecular formula is C16H13FO4S. The van der Waals surface area contributed by atoms with Crippen molar-refractivity contribution in [2.45, 2.75) is 24.7 Å². The second-order valence-electron chi connectivity index (χ2n) is 5.18. The van der Waals surface area contributed by atoms with E-state index in [1.807, 2.05) is 0 Å². The molecule has 114 valence electrons. The van der Waals surface area contributed by atoms with Crippen molar-refractivity contribution in [1.82, 2.24) is 0 Å². The van der Waals surface area contributed by atoms with Gasteiger partial charge in [0.15, 0.2) is 5.78 Å². The maximum absolute atomic E-state index is 13.8. The van der Waals surface area contributed by atoms with Gasteiger partial charge in [-0.1, -0.05) is 18.2 Å². The summed E-state index contributed by atoms with van der Waals surface area (Å²) in [7, 11) is -4.29. The largest absolute Gasteiger partial charge is 0.379 e. The summed E-state index contributed by atoms with van der Waals surface area (Å²) in [6.45, 7) is 1.66. The van der Waals surface area contributed by atoms with Crippen molar-refractivity contribution in [3.8, 4) is 5.75 Å². The molecule has 0 aliphatic heterocycles. The smallest absolute Gasteiger partial charge is 0.342 e. The van der Waals surface area contributed by atoms with Crippen LogP contribution in [0.25, 0.3) is 0 Å². The molecule has 3 rings (SSSR count). The number of halogens is 1. The Morgan fingerprint density at radius 3 is 2.68 bits per heavy atom. The third-order valence-corrected chi connectivity index (χ3v) is 4.84. The monoisotopic (exact) mass is 320 g/mol. The average molecular weight is 320 g/mol. The van der Waals surface area contributed by atoms with Gasteiger partial charge in [0.05, 0.1) is 0 Å². The number of ketones is 1. The summed E-state index contributed by atoms with van der Waals surface area (Å²) in [5.74, 6) is -0.821. The van der Waals surface area contributed by atoms with Crippen LogP contribution in [0.5, 0.6) is 5.75 Å². The molecule has 1 aliphatic carbocycles. The van der Waals surface area contributed by atoms with Gasteiger partial charge in [0.25, 0.3) is 0 Å². The molecule has 0 saturated heterocycles. The summed E-state index contributed by atoms with van der Waals surface area (Å²) in [6.07, 6.45) is 0.755. The van der Waals surface area contributed by atoms with Crippen LogP contribution in [0.2, 0.25) is 0 Å². The molecule has 0 aromatic heterocycles. The molecule has 1 aliphatic rings. The minimum absolute atomic E-state index is 0.0421. The number of fused-ring (bicyclic) bond motifs is 1. The number of carbonyl (C=O) groups excluding carboxylic acids is 1. The van der Waals surface area contributed by atoms with Crippen LogP contribution in [0.3, 0.4) is 0 Å². The first-order valence-electron chi connectivity index (χ1n) is 6.74. The number of benzene rings is 2. The standard InChI is InChI=1S/C16H13FO4S/c1-10-5-7-13(17)16(9-10)22(19,20)21-15-4-2-3-11-12(15)6-8-14(11)18/h2-5,7,9H,6,8H2,1H3. The quantitative estimate of drug-likeness (QED) is 0.816. The molecule has 0 radical (unpaired) electrons. The Bertz CT molecular complexity index is 872. The second-order valence-corrected chi connectivity index (χ2v) is 6.69. The Labute approximate surface area is 127 Å².